The molecule has 0 saturated heterocycles. The van der Waals surface area contributed by atoms with Crippen LogP contribution in [0.3, 0.4) is 0 Å². The van der Waals surface area contributed by atoms with Crippen molar-refractivity contribution >= 4 is 10.9 Å². The third-order valence-electron chi connectivity index (χ3n) is 2.00. The molecule has 4 nitrogen and oxygen atoms in total. The van der Waals surface area contributed by atoms with Crippen LogP contribution < -0.4 is 5.56 Å². The van der Waals surface area contributed by atoms with Crippen LogP contribution in [0.2, 0.25) is 0 Å². The van der Waals surface area contributed by atoms with Crippen LogP contribution in [0.4, 0.5) is 13.2 Å². The van der Waals surface area contributed by atoms with E-state index in [1.165, 1.54) is 0 Å². The van der Waals surface area contributed by atoms with Crippen molar-refractivity contribution in [2.75, 3.05) is 0 Å². The first kappa shape index (κ1) is 9.63. The van der Waals surface area contributed by atoms with Gasteiger partial charge < -0.3 is 5.21 Å². The van der Waals surface area contributed by atoms with Crippen molar-refractivity contribution in [1.82, 2.24) is 9.94 Å². The normalized spacial score (nSPS) is 12.2. The average Bonchev–Trinajstić information content (AvgIpc) is 2.41. The first-order chi connectivity index (χ1) is 6.89. The molecule has 0 spiro atoms. The summed E-state index contributed by atoms with van der Waals surface area (Å²) < 4.78 is 36.8. The summed E-state index contributed by atoms with van der Waals surface area (Å²) in [4.78, 5) is 11.5. The van der Waals surface area contributed by atoms with E-state index in [-0.39, 0.29) is 10.9 Å². The van der Waals surface area contributed by atoms with Crippen LogP contribution in [0, 0.1) is 0 Å². The molecule has 0 atom stereocenters. The Balaban J connectivity index is 2.77. The Morgan fingerprint density at radius 2 is 2.00 bits per heavy atom. The van der Waals surface area contributed by atoms with Gasteiger partial charge in [0.25, 0.3) is 5.56 Å². The van der Waals surface area contributed by atoms with E-state index in [4.69, 9.17) is 5.21 Å². The number of fused-ring (bicyclic) bond motifs is 1. The molecule has 0 fully saturated rings. The van der Waals surface area contributed by atoms with Gasteiger partial charge in [-0.15, -0.1) is 4.85 Å². The second kappa shape index (κ2) is 2.78. The highest BCUT2D eigenvalue weighted by Crippen LogP contribution is 2.30. The van der Waals surface area contributed by atoms with Gasteiger partial charge in [0.15, 0.2) is 0 Å². The Labute approximate surface area is 80.5 Å². The molecule has 0 aliphatic heterocycles. The molecule has 0 bridgehead atoms. The molecule has 2 rings (SSSR count). The van der Waals surface area contributed by atoms with Crippen molar-refractivity contribution < 1.29 is 18.4 Å². The van der Waals surface area contributed by atoms with Gasteiger partial charge in [0.2, 0.25) is 0 Å². The Kier molecular flexibility index (Phi) is 1.79. The highest BCUT2D eigenvalue weighted by molar-refractivity contribution is 5.78. The molecule has 1 heterocycles. The number of hydrogen-bond donors (Lipinski definition) is 2. The van der Waals surface area contributed by atoms with Gasteiger partial charge in [0, 0.05) is 0 Å². The fraction of sp³-hybridized carbons (Fsp3) is 0.125. The summed E-state index contributed by atoms with van der Waals surface area (Å²) >= 11 is 0. The van der Waals surface area contributed by atoms with E-state index in [2.05, 4.69) is 0 Å². The maximum Gasteiger partial charge on any atom is 0.416 e. The quantitative estimate of drug-likeness (QED) is 0.659. The van der Waals surface area contributed by atoms with Gasteiger partial charge in [-0.05, 0) is 18.2 Å². The van der Waals surface area contributed by atoms with Crippen molar-refractivity contribution in [2.24, 2.45) is 0 Å². The van der Waals surface area contributed by atoms with Crippen molar-refractivity contribution in [3.05, 3.63) is 34.1 Å². The summed E-state index contributed by atoms with van der Waals surface area (Å²) in [5.41, 5.74) is -1.68. The Bertz CT molecular complexity index is 567. The third-order valence-corrected chi connectivity index (χ3v) is 2.00. The number of hydrogen-bond acceptors (Lipinski definition) is 2. The smallest absolute Gasteiger partial charge is 0.413 e. The van der Waals surface area contributed by atoms with Crippen molar-refractivity contribution in [3.63, 3.8) is 0 Å². The number of benzene rings is 1. The first-order valence-electron chi connectivity index (χ1n) is 3.91. The van der Waals surface area contributed by atoms with E-state index in [1.54, 1.807) is 0 Å². The van der Waals surface area contributed by atoms with Crippen LogP contribution in [-0.2, 0) is 6.18 Å². The largest absolute Gasteiger partial charge is 0.416 e. The van der Waals surface area contributed by atoms with Gasteiger partial charge in [-0.3, -0.25) is 4.79 Å². The molecule has 2 N–H and O–H groups in total. The zero-order valence-electron chi connectivity index (χ0n) is 7.17. The molecule has 0 radical (unpaired) electrons. The molecule has 0 amide bonds. The lowest BCUT2D eigenvalue weighted by Gasteiger charge is -2.05. The summed E-state index contributed by atoms with van der Waals surface area (Å²) in [5, 5.41) is 10.8. The molecule has 0 aliphatic rings. The molecule has 1 aromatic carbocycles. The number of aromatic nitrogens is 2. The van der Waals surface area contributed by atoms with E-state index < -0.39 is 17.3 Å². The first-order valence-corrected chi connectivity index (χ1v) is 3.91. The molecule has 80 valence electrons. The van der Waals surface area contributed by atoms with Crippen molar-refractivity contribution in [1.29, 1.82) is 0 Å². The highest BCUT2D eigenvalue weighted by Gasteiger charge is 2.31. The zero-order chi connectivity index (χ0) is 11.2. The summed E-state index contributed by atoms with van der Waals surface area (Å²) in [6.45, 7) is 0. The minimum absolute atomic E-state index is 0.00741. The molecule has 0 aliphatic carbocycles. The van der Waals surface area contributed by atoms with Crippen LogP contribution in [0.25, 0.3) is 10.9 Å². The van der Waals surface area contributed by atoms with E-state index in [0.717, 1.165) is 12.1 Å². The number of halogens is 3. The van der Waals surface area contributed by atoms with E-state index in [1.807, 2.05) is 5.10 Å². The number of alkyl halides is 3. The van der Waals surface area contributed by atoms with Crippen LogP contribution in [-0.4, -0.2) is 15.2 Å². The van der Waals surface area contributed by atoms with Gasteiger partial charge in [-0.2, -0.15) is 13.2 Å². The SMILES string of the molecule is O=c1[nH]n(O)c2ccc(C(F)(F)F)cc12. The van der Waals surface area contributed by atoms with Crippen LogP contribution >= 0.6 is 0 Å². The maximum atomic E-state index is 12.3. The Hall–Kier alpha value is -1.92. The zero-order valence-corrected chi connectivity index (χ0v) is 7.17. The summed E-state index contributed by atoms with van der Waals surface area (Å²) in [7, 11) is 0. The van der Waals surface area contributed by atoms with E-state index in [0.29, 0.717) is 10.9 Å². The molecular weight excluding hydrogens is 213 g/mol. The van der Waals surface area contributed by atoms with Gasteiger partial charge in [-0.25, -0.2) is 5.10 Å². The fourth-order valence-electron chi connectivity index (χ4n) is 1.30. The lowest BCUT2D eigenvalue weighted by Crippen LogP contribution is -2.05. The number of aromatic amines is 1. The minimum atomic E-state index is -4.50. The van der Waals surface area contributed by atoms with Crippen LogP contribution in [0.1, 0.15) is 5.56 Å². The second-order valence-electron chi connectivity index (χ2n) is 2.98. The van der Waals surface area contributed by atoms with E-state index >= 15 is 0 Å². The number of nitrogens with one attached hydrogen (secondary N) is 1. The monoisotopic (exact) mass is 218 g/mol. The standard InChI is InChI=1S/C8H5F3N2O2/c9-8(10,11)4-1-2-6-5(3-4)7(14)12-13(6)15/h1-3,15H,(H,12,14). The predicted molar refractivity (Wildman–Crippen MR) is 44.7 cm³/mol. The summed E-state index contributed by atoms with van der Waals surface area (Å²) in [5.74, 6) is 0. The second-order valence-corrected chi connectivity index (χ2v) is 2.98. The minimum Gasteiger partial charge on any atom is -0.413 e. The summed E-state index contributed by atoms with van der Waals surface area (Å²) in [6, 6.07) is 2.51. The lowest BCUT2D eigenvalue weighted by atomic mass is 10.1. The predicted octanol–water partition coefficient (Wildman–Crippen LogP) is 1.59. The Morgan fingerprint density at radius 3 is 2.60 bits per heavy atom. The molecule has 2 aromatic rings. The van der Waals surface area contributed by atoms with Crippen molar-refractivity contribution in [3.8, 4) is 0 Å². The van der Waals surface area contributed by atoms with Crippen LogP contribution in [0.15, 0.2) is 23.0 Å². The number of nitrogens with zero attached hydrogens (tertiary/aromatic N) is 1. The van der Waals surface area contributed by atoms with E-state index in [9.17, 15) is 18.0 Å². The van der Waals surface area contributed by atoms with Gasteiger partial charge >= 0.3 is 6.18 Å². The number of H-pyrrole nitrogens is 1. The van der Waals surface area contributed by atoms with Crippen molar-refractivity contribution in [2.45, 2.75) is 6.18 Å². The van der Waals surface area contributed by atoms with Gasteiger partial charge in [0.05, 0.1) is 10.9 Å². The molecule has 0 unspecified atom stereocenters. The molecule has 7 heteroatoms. The third kappa shape index (κ3) is 1.45. The average molecular weight is 218 g/mol. The molecule has 1 aromatic heterocycles. The fourth-order valence-corrected chi connectivity index (χ4v) is 1.30. The number of rotatable bonds is 0. The van der Waals surface area contributed by atoms with Gasteiger partial charge in [0.1, 0.15) is 5.52 Å². The van der Waals surface area contributed by atoms with Gasteiger partial charge in [-0.1, -0.05) is 0 Å². The lowest BCUT2D eigenvalue weighted by molar-refractivity contribution is -0.137. The van der Waals surface area contributed by atoms with Crippen LogP contribution in [0.5, 0.6) is 0 Å². The molecule has 15 heavy (non-hydrogen) atoms. The topological polar surface area (TPSA) is 58.0 Å². The maximum absolute atomic E-state index is 12.3. The summed E-state index contributed by atoms with van der Waals surface area (Å²) in [6.07, 6.45) is -4.50. The Morgan fingerprint density at radius 1 is 1.33 bits per heavy atom. The highest BCUT2D eigenvalue weighted by atomic mass is 19.4. The molecular formula is C8H5F3N2O2. The molecule has 0 saturated carbocycles.